The van der Waals surface area contributed by atoms with Crippen molar-refractivity contribution in [2.75, 3.05) is 13.1 Å². The maximum absolute atomic E-state index is 15.4. The van der Waals surface area contributed by atoms with Crippen molar-refractivity contribution in [1.29, 1.82) is 0 Å². The number of piperidine rings is 1. The molecule has 3 saturated heterocycles. The monoisotopic (exact) mass is 1070 g/mol. The topological polar surface area (TPSA) is 274 Å². The molecule has 4 fully saturated rings. The molecular formula is C59H76N10O9. The van der Waals surface area contributed by atoms with E-state index in [4.69, 9.17) is 5.73 Å². The third-order valence-corrected chi connectivity index (χ3v) is 16.0. The summed E-state index contributed by atoms with van der Waals surface area (Å²) >= 11 is 0. The highest BCUT2D eigenvalue weighted by atomic mass is 16.2. The van der Waals surface area contributed by atoms with Crippen molar-refractivity contribution in [1.82, 2.24) is 46.7 Å². The highest BCUT2D eigenvalue weighted by Gasteiger charge is 2.50. The number of hydrogen-bond donors (Lipinski definition) is 8. The van der Waals surface area contributed by atoms with E-state index in [1.54, 1.807) is 6.20 Å². The van der Waals surface area contributed by atoms with Gasteiger partial charge in [0.25, 0.3) is 0 Å². The maximum atomic E-state index is 15.4. The molecule has 78 heavy (non-hydrogen) atoms. The minimum atomic E-state index is -1.44. The molecule has 0 radical (unpaired) electrons. The molecule has 0 bridgehead atoms. The highest BCUT2D eigenvalue weighted by molar-refractivity contribution is 5.99. The summed E-state index contributed by atoms with van der Waals surface area (Å²) in [4.78, 5) is 135. The van der Waals surface area contributed by atoms with Gasteiger partial charge in [-0.1, -0.05) is 105 Å². The van der Waals surface area contributed by atoms with E-state index in [9.17, 15) is 28.8 Å². The predicted octanol–water partition coefficient (Wildman–Crippen LogP) is 3.97. The van der Waals surface area contributed by atoms with Crippen molar-refractivity contribution in [3.05, 3.63) is 96.2 Å². The van der Waals surface area contributed by atoms with E-state index in [0.29, 0.717) is 38.5 Å². The molecule has 9 atom stereocenters. The number of para-hydroxylation sites is 1. The van der Waals surface area contributed by atoms with E-state index in [1.807, 2.05) is 85.8 Å². The second kappa shape index (κ2) is 26.7. The fourth-order valence-corrected chi connectivity index (χ4v) is 11.9. The van der Waals surface area contributed by atoms with Crippen LogP contribution >= 0.6 is 0 Å². The summed E-state index contributed by atoms with van der Waals surface area (Å²) in [6.45, 7) is 3.54. The number of nitrogens with one attached hydrogen (secondary N) is 7. The molecule has 416 valence electrons. The fraction of sp³-hybridized carbons (Fsp3) is 0.508. The molecule has 9 N–H and O–H groups in total. The van der Waals surface area contributed by atoms with Crippen molar-refractivity contribution in [3.63, 3.8) is 0 Å². The molecule has 3 aromatic carbocycles. The van der Waals surface area contributed by atoms with Crippen LogP contribution in [0.4, 0.5) is 0 Å². The summed E-state index contributed by atoms with van der Waals surface area (Å²) in [6, 6.07) is 16.5. The number of primary amides is 1. The van der Waals surface area contributed by atoms with Crippen LogP contribution in [0, 0.1) is 5.92 Å². The molecule has 9 unspecified atom stereocenters. The van der Waals surface area contributed by atoms with Gasteiger partial charge in [0.2, 0.25) is 53.2 Å². The summed E-state index contributed by atoms with van der Waals surface area (Å²) in [5.74, 6) is -5.48. The zero-order chi connectivity index (χ0) is 55.3. The lowest BCUT2D eigenvalue weighted by Gasteiger charge is -2.38. The van der Waals surface area contributed by atoms with Crippen LogP contribution in [0.3, 0.4) is 0 Å². The summed E-state index contributed by atoms with van der Waals surface area (Å²) < 4.78 is 0. The van der Waals surface area contributed by atoms with Gasteiger partial charge in [-0.2, -0.15) is 0 Å². The molecule has 3 aliphatic heterocycles. The number of hydrogen-bond acceptors (Lipinski definition) is 9. The minimum absolute atomic E-state index is 0.0270. The van der Waals surface area contributed by atoms with Crippen LogP contribution < -0.4 is 37.6 Å². The van der Waals surface area contributed by atoms with Gasteiger partial charge in [-0.25, -0.2) is 0 Å². The predicted molar refractivity (Wildman–Crippen MR) is 293 cm³/mol. The molecule has 4 aromatic rings. The number of nitrogens with two attached hydrogens (primary N) is 1. The van der Waals surface area contributed by atoms with E-state index in [1.165, 1.54) is 16.7 Å². The molecule has 19 nitrogen and oxygen atoms in total. The van der Waals surface area contributed by atoms with Crippen molar-refractivity contribution in [2.24, 2.45) is 11.7 Å². The van der Waals surface area contributed by atoms with Gasteiger partial charge in [0.15, 0.2) is 0 Å². The first kappa shape index (κ1) is 56.6. The number of amides is 9. The fourth-order valence-electron chi connectivity index (χ4n) is 11.9. The standard InChI is InChI=1S/C59H76N10O9/c1-3-4-20-45(63-36(2)70)54(73)66-48-34-52(71)61-29-14-12-22-44(53(60)72)64-55(74)46(32-41-35-62-43-21-10-9-19-42(41)43)65-56(75)50-24-13-15-30-68(50)58(77)47(31-37-25-27-39(28-26-37)38-16-6-5-7-17-38)67-57(76)51-33-40-18-8-11-23-49(40)69(51)59(48)78/h5-7,9-10,16-17,19,21,25-28,35,40,44-51,62H,3-4,8,11-15,18,20,22-24,29-34H2,1-2H3,(H2,60,72)(H,61,71)(H,63,70)(H,64,74)(H,65,75)(H,66,73)(H,67,76). The number of carbonyl (C=O) groups is 9. The van der Waals surface area contributed by atoms with Crippen LogP contribution in [-0.2, 0) is 56.0 Å². The normalized spacial score (nSPS) is 25.5. The van der Waals surface area contributed by atoms with Gasteiger partial charge in [-0.15, -0.1) is 0 Å². The van der Waals surface area contributed by atoms with Crippen LogP contribution in [0.5, 0.6) is 0 Å². The number of aromatic amines is 1. The Morgan fingerprint density at radius 2 is 1.41 bits per heavy atom. The second-order valence-electron chi connectivity index (χ2n) is 21.6. The molecule has 0 spiro atoms. The van der Waals surface area contributed by atoms with Crippen LogP contribution in [0.2, 0.25) is 0 Å². The minimum Gasteiger partial charge on any atom is -0.368 e. The van der Waals surface area contributed by atoms with Gasteiger partial charge in [0, 0.05) is 56.0 Å². The highest BCUT2D eigenvalue weighted by Crippen LogP contribution is 2.40. The lowest BCUT2D eigenvalue weighted by atomic mass is 9.84. The molecule has 8 rings (SSSR count). The number of benzene rings is 3. The molecule has 19 heteroatoms. The Bertz CT molecular complexity index is 2800. The lowest BCUT2D eigenvalue weighted by molar-refractivity contribution is -0.148. The quantitative estimate of drug-likeness (QED) is 0.102. The van der Waals surface area contributed by atoms with Gasteiger partial charge in [0.05, 0.1) is 6.42 Å². The molecule has 9 amide bonds. The van der Waals surface area contributed by atoms with Crippen LogP contribution in [0.1, 0.15) is 121 Å². The van der Waals surface area contributed by atoms with Crippen molar-refractivity contribution < 1.29 is 43.2 Å². The van der Waals surface area contributed by atoms with Crippen LogP contribution in [0.15, 0.2) is 85.1 Å². The molecule has 1 aliphatic carbocycles. The maximum Gasteiger partial charge on any atom is 0.246 e. The summed E-state index contributed by atoms with van der Waals surface area (Å²) in [6.07, 6.45) is 8.46. The zero-order valence-corrected chi connectivity index (χ0v) is 44.9. The number of rotatable bonds is 12. The molecule has 4 aliphatic rings. The molecular weight excluding hydrogens is 993 g/mol. The molecule has 1 saturated carbocycles. The average molecular weight is 1070 g/mol. The van der Waals surface area contributed by atoms with E-state index >= 15 is 14.4 Å². The van der Waals surface area contributed by atoms with E-state index in [-0.39, 0.29) is 57.5 Å². The lowest BCUT2D eigenvalue weighted by Crippen LogP contribution is -2.62. The SMILES string of the molecule is CCCCC(NC(C)=O)C(=O)NC1CC(=O)NCCCCC(C(N)=O)NC(=O)C(Cc2c[nH]c3ccccc23)NC(=O)C2CCCCN2C(=O)C(Cc2ccc(-c3ccccc3)cc2)NC(=O)C2CC3CCCCC3N2C1=O. The molecule has 1 aromatic heterocycles. The van der Waals surface area contributed by atoms with Gasteiger partial charge >= 0.3 is 0 Å². The Labute approximate surface area is 455 Å². The number of aromatic nitrogens is 1. The van der Waals surface area contributed by atoms with Crippen molar-refractivity contribution in [2.45, 2.75) is 171 Å². The van der Waals surface area contributed by atoms with Crippen LogP contribution in [0.25, 0.3) is 22.0 Å². The van der Waals surface area contributed by atoms with Crippen molar-refractivity contribution >= 4 is 64.1 Å². The van der Waals surface area contributed by atoms with Crippen LogP contribution in [-0.4, -0.2) is 129 Å². The van der Waals surface area contributed by atoms with Gasteiger partial charge < -0.3 is 52.4 Å². The van der Waals surface area contributed by atoms with Gasteiger partial charge in [-0.05, 0) is 98.4 Å². The Morgan fingerprint density at radius 1 is 0.718 bits per heavy atom. The van der Waals surface area contributed by atoms with Gasteiger partial charge in [0.1, 0.15) is 42.3 Å². The average Bonchev–Trinajstić information content (AvgIpc) is 4.09. The van der Waals surface area contributed by atoms with E-state index in [2.05, 4.69) is 36.9 Å². The number of nitrogens with zero attached hydrogens (tertiary/aromatic N) is 2. The second-order valence-corrected chi connectivity index (χ2v) is 21.6. The summed E-state index contributed by atoms with van der Waals surface area (Å²) in [7, 11) is 0. The first-order valence-corrected chi connectivity index (χ1v) is 28.1. The number of carbonyl (C=O) groups excluding carboxylic acids is 9. The Kier molecular flexibility index (Phi) is 19.4. The van der Waals surface area contributed by atoms with E-state index in [0.717, 1.165) is 58.8 Å². The number of H-pyrrole nitrogens is 1. The van der Waals surface area contributed by atoms with Crippen molar-refractivity contribution in [3.8, 4) is 11.1 Å². The Morgan fingerprint density at radius 3 is 2.17 bits per heavy atom. The first-order valence-electron chi connectivity index (χ1n) is 28.1. The molecule has 4 heterocycles. The number of unbranched alkanes of at least 4 members (excludes halogenated alkanes) is 1. The Hall–Kier alpha value is -7.57. The smallest absolute Gasteiger partial charge is 0.246 e. The largest absolute Gasteiger partial charge is 0.368 e. The Balaban J connectivity index is 1.16. The van der Waals surface area contributed by atoms with Gasteiger partial charge in [-0.3, -0.25) is 43.2 Å². The third-order valence-electron chi connectivity index (χ3n) is 16.0. The summed E-state index contributed by atoms with van der Waals surface area (Å²) in [5, 5.41) is 18.0. The number of fused-ring (bicyclic) bond motifs is 5. The third kappa shape index (κ3) is 14.1. The first-order chi connectivity index (χ1) is 37.7. The van der Waals surface area contributed by atoms with E-state index < -0.39 is 108 Å². The summed E-state index contributed by atoms with van der Waals surface area (Å²) in [5.41, 5.74) is 10.1. The zero-order valence-electron chi connectivity index (χ0n) is 44.9.